The summed E-state index contributed by atoms with van der Waals surface area (Å²) in [6.45, 7) is 1.13. The maximum Gasteiger partial charge on any atom is 0.339 e. The molecule has 5 nitrogen and oxygen atoms in total. The minimum atomic E-state index is -0.640. The first kappa shape index (κ1) is 16.2. The molecule has 1 aliphatic heterocycles. The molecule has 0 aliphatic carbocycles. The molecule has 3 rings (SSSR count). The number of nitrogens with zero attached hydrogens (tertiary/aromatic N) is 2. The van der Waals surface area contributed by atoms with Crippen molar-refractivity contribution in [3.63, 3.8) is 0 Å². The summed E-state index contributed by atoms with van der Waals surface area (Å²) in [5, 5.41) is 9.41. The van der Waals surface area contributed by atoms with Crippen molar-refractivity contribution < 1.29 is 14.3 Å². The lowest BCUT2D eigenvalue weighted by Crippen LogP contribution is -2.33. The van der Waals surface area contributed by atoms with Crippen LogP contribution in [0.25, 0.3) is 11.1 Å². The summed E-state index contributed by atoms with van der Waals surface area (Å²) < 4.78 is 10.7. The fraction of sp³-hybridized carbons (Fsp3) is 0.316. The van der Waals surface area contributed by atoms with Crippen LogP contribution in [0, 0.1) is 16.7 Å². The van der Waals surface area contributed by atoms with E-state index in [1.54, 1.807) is 12.3 Å². The predicted molar refractivity (Wildman–Crippen MR) is 88.1 cm³/mol. The van der Waals surface area contributed by atoms with Gasteiger partial charge in [-0.2, -0.15) is 5.26 Å². The summed E-state index contributed by atoms with van der Waals surface area (Å²) in [5.74, 6) is -0.457. The lowest BCUT2D eigenvalue weighted by atomic mass is 9.83. The number of rotatable bonds is 4. The van der Waals surface area contributed by atoms with Gasteiger partial charge in [-0.3, -0.25) is 4.98 Å². The highest BCUT2D eigenvalue weighted by Crippen LogP contribution is 2.30. The van der Waals surface area contributed by atoms with Crippen LogP contribution in [-0.2, 0) is 9.47 Å². The summed E-state index contributed by atoms with van der Waals surface area (Å²) in [7, 11) is 0. The molecule has 0 saturated carbocycles. The highest BCUT2D eigenvalue weighted by molar-refractivity contribution is 5.90. The van der Waals surface area contributed by atoms with Crippen LogP contribution in [0.1, 0.15) is 23.2 Å². The lowest BCUT2D eigenvalue weighted by molar-refractivity contribution is -0.00468. The Morgan fingerprint density at radius 2 is 1.96 bits per heavy atom. The SMILES string of the molecule is N#CC1(COC(=O)c2cncc(-c3ccccc3)c2)CCOCC1. The van der Waals surface area contributed by atoms with Crippen molar-refractivity contribution in [2.24, 2.45) is 5.41 Å². The first-order valence-corrected chi connectivity index (χ1v) is 7.89. The molecule has 1 aromatic heterocycles. The van der Waals surface area contributed by atoms with Gasteiger partial charge in [0, 0.05) is 31.2 Å². The number of esters is 1. The molecular formula is C19H18N2O3. The normalized spacial score (nSPS) is 16.1. The number of hydrogen-bond acceptors (Lipinski definition) is 5. The quantitative estimate of drug-likeness (QED) is 0.808. The first-order valence-electron chi connectivity index (χ1n) is 7.89. The number of benzene rings is 1. The summed E-state index contributed by atoms with van der Waals surface area (Å²) in [6.07, 6.45) is 4.36. The smallest absolute Gasteiger partial charge is 0.339 e. The Hall–Kier alpha value is -2.71. The molecule has 0 bridgehead atoms. The molecule has 1 saturated heterocycles. The van der Waals surface area contributed by atoms with Crippen molar-refractivity contribution in [3.8, 4) is 17.2 Å². The molecule has 122 valence electrons. The molecule has 0 unspecified atom stereocenters. The third-order valence-corrected chi connectivity index (χ3v) is 4.25. The molecule has 0 N–H and O–H groups in total. The van der Waals surface area contributed by atoms with Crippen molar-refractivity contribution in [1.82, 2.24) is 4.98 Å². The van der Waals surface area contributed by atoms with Crippen LogP contribution in [0.4, 0.5) is 0 Å². The molecule has 0 radical (unpaired) electrons. The van der Waals surface area contributed by atoms with Gasteiger partial charge in [-0.1, -0.05) is 30.3 Å². The second-order valence-electron chi connectivity index (χ2n) is 5.91. The third-order valence-electron chi connectivity index (χ3n) is 4.25. The molecule has 1 aromatic carbocycles. The van der Waals surface area contributed by atoms with Gasteiger partial charge >= 0.3 is 5.97 Å². The zero-order chi connectivity index (χ0) is 16.8. The number of nitriles is 1. The molecule has 0 amide bonds. The largest absolute Gasteiger partial charge is 0.460 e. The minimum Gasteiger partial charge on any atom is -0.460 e. The molecular weight excluding hydrogens is 304 g/mol. The van der Waals surface area contributed by atoms with Gasteiger partial charge in [-0.15, -0.1) is 0 Å². The number of hydrogen-bond donors (Lipinski definition) is 0. The molecule has 1 aliphatic rings. The van der Waals surface area contributed by atoms with E-state index in [9.17, 15) is 10.1 Å². The average molecular weight is 322 g/mol. The van der Waals surface area contributed by atoms with Crippen molar-refractivity contribution in [3.05, 3.63) is 54.4 Å². The molecule has 0 atom stereocenters. The van der Waals surface area contributed by atoms with E-state index in [1.807, 2.05) is 30.3 Å². The van der Waals surface area contributed by atoms with Gasteiger partial charge in [-0.05, 0) is 24.5 Å². The number of carbonyl (C=O) groups is 1. The van der Waals surface area contributed by atoms with Crippen molar-refractivity contribution in [1.29, 1.82) is 5.26 Å². The van der Waals surface area contributed by atoms with E-state index in [0.717, 1.165) is 11.1 Å². The summed E-state index contributed by atoms with van der Waals surface area (Å²) in [4.78, 5) is 16.5. The van der Waals surface area contributed by atoms with E-state index < -0.39 is 11.4 Å². The van der Waals surface area contributed by atoms with Gasteiger partial charge < -0.3 is 9.47 Å². The summed E-state index contributed by atoms with van der Waals surface area (Å²) >= 11 is 0. The Bertz CT molecular complexity index is 747. The van der Waals surface area contributed by atoms with Crippen LogP contribution < -0.4 is 0 Å². The van der Waals surface area contributed by atoms with E-state index in [-0.39, 0.29) is 6.61 Å². The topological polar surface area (TPSA) is 72.2 Å². The maximum absolute atomic E-state index is 12.3. The molecule has 24 heavy (non-hydrogen) atoms. The van der Waals surface area contributed by atoms with Gasteiger partial charge in [0.2, 0.25) is 0 Å². The summed E-state index contributed by atoms with van der Waals surface area (Å²) in [5.41, 5.74) is 1.58. The van der Waals surface area contributed by atoms with Crippen LogP contribution in [0.5, 0.6) is 0 Å². The zero-order valence-electron chi connectivity index (χ0n) is 13.3. The molecule has 5 heteroatoms. The van der Waals surface area contributed by atoms with Crippen LogP contribution in [-0.4, -0.2) is 30.8 Å². The van der Waals surface area contributed by atoms with Gasteiger partial charge in [0.1, 0.15) is 6.61 Å². The number of pyridine rings is 1. The predicted octanol–water partition coefficient (Wildman–Crippen LogP) is 3.23. The number of carbonyl (C=O) groups excluding carboxylic acids is 1. The Morgan fingerprint density at radius 3 is 2.67 bits per heavy atom. The van der Waals surface area contributed by atoms with Crippen LogP contribution in [0.2, 0.25) is 0 Å². The van der Waals surface area contributed by atoms with E-state index in [2.05, 4.69) is 11.1 Å². The van der Waals surface area contributed by atoms with E-state index in [4.69, 9.17) is 9.47 Å². The van der Waals surface area contributed by atoms with Gasteiger partial charge in [0.25, 0.3) is 0 Å². The lowest BCUT2D eigenvalue weighted by Gasteiger charge is -2.29. The van der Waals surface area contributed by atoms with Crippen molar-refractivity contribution in [2.75, 3.05) is 19.8 Å². The van der Waals surface area contributed by atoms with E-state index >= 15 is 0 Å². The molecule has 2 heterocycles. The zero-order valence-corrected chi connectivity index (χ0v) is 13.3. The second-order valence-corrected chi connectivity index (χ2v) is 5.91. The van der Waals surface area contributed by atoms with Crippen LogP contribution in [0.3, 0.4) is 0 Å². The standard InChI is InChI=1S/C19H18N2O3/c20-13-19(6-8-23-9-7-19)14-24-18(22)17-10-16(11-21-12-17)15-4-2-1-3-5-15/h1-5,10-12H,6-9,14H2. The first-order chi connectivity index (χ1) is 11.7. The van der Waals surface area contributed by atoms with Gasteiger partial charge in [0.15, 0.2) is 0 Å². The molecule has 1 fully saturated rings. The van der Waals surface area contributed by atoms with Crippen LogP contribution in [0.15, 0.2) is 48.8 Å². The van der Waals surface area contributed by atoms with Crippen LogP contribution >= 0.6 is 0 Å². The van der Waals surface area contributed by atoms with Crippen molar-refractivity contribution in [2.45, 2.75) is 12.8 Å². The average Bonchev–Trinajstić information content (AvgIpc) is 2.67. The third kappa shape index (κ3) is 3.61. The van der Waals surface area contributed by atoms with Gasteiger partial charge in [-0.25, -0.2) is 4.79 Å². The fourth-order valence-electron chi connectivity index (χ4n) is 2.68. The fourth-order valence-corrected chi connectivity index (χ4v) is 2.68. The second kappa shape index (κ2) is 7.24. The Balaban J connectivity index is 1.70. The summed E-state index contributed by atoms with van der Waals surface area (Å²) in [6, 6.07) is 13.8. The Labute approximate surface area is 140 Å². The molecule has 0 spiro atoms. The minimum absolute atomic E-state index is 0.0846. The Kier molecular flexibility index (Phi) is 4.88. The highest BCUT2D eigenvalue weighted by atomic mass is 16.5. The number of ether oxygens (including phenoxy) is 2. The monoisotopic (exact) mass is 322 g/mol. The maximum atomic E-state index is 12.3. The molecule has 2 aromatic rings. The van der Waals surface area contributed by atoms with E-state index in [0.29, 0.717) is 31.6 Å². The van der Waals surface area contributed by atoms with E-state index in [1.165, 1.54) is 6.20 Å². The van der Waals surface area contributed by atoms with Crippen molar-refractivity contribution >= 4 is 5.97 Å². The number of aromatic nitrogens is 1. The van der Waals surface area contributed by atoms with Gasteiger partial charge in [0.05, 0.1) is 17.0 Å². The highest BCUT2D eigenvalue weighted by Gasteiger charge is 2.34. The Morgan fingerprint density at radius 1 is 1.21 bits per heavy atom.